The van der Waals surface area contributed by atoms with Crippen LogP contribution >= 0.6 is 11.6 Å². The van der Waals surface area contributed by atoms with Crippen molar-refractivity contribution >= 4 is 17.5 Å². The minimum Gasteiger partial charge on any atom is -0.497 e. The fourth-order valence-corrected chi connectivity index (χ4v) is 4.72. The van der Waals surface area contributed by atoms with Crippen molar-refractivity contribution in [3.8, 4) is 5.75 Å². The van der Waals surface area contributed by atoms with Gasteiger partial charge < -0.3 is 10.1 Å². The van der Waals surface area contributed by atoms with Gasteiger partial charge in [-0.2, -0.15) is 0 Å². The second-order valence-corrected chi connectivity index (χ2v) is 7.93. The minimum atomic E-state index is -0.0615. The van der Waals surface area contributed by atoms with Crippen LogP contribution in [-0.4, -0.2) is 36.0 Å². The first-order valence-electron chi connectivity index (χ1n) is 9.58. The molecule has 2 fully saturated rings. The molecule has 2 aromatic carbocycles. The summed E-state index contributed by atoms with van der Waals surface area (Å²) >= 11 is 6.16. The number of carbonyl (C=O) groups excluding carboxylic acids is 1. The van der Waals surface area contributed by atoms with Crippen molar-refractivity contribution in [2.24, 2.45) is 0 Å². The lowest BCUT2D eigenvalue weighted by Crippen LogP contribution is -2.50. The molecule has 27 heavy (non-hydrogen) atoms. The molecule has 2 heterocycles. The number of halogens is 1. The van der Waals surface area contributed by atoms with Crippen LogP contribution in [0, 0.1) is 0 Å². The maximum Gasteiger partial charge on any atom is 0.253 e. The summed E-state index contributed by atoms with van der Waals surface area (Å²) in [5.41, 5.74) is 1.87. The topological polar surface area (TPSA) is 41.6 Å². The number of carbonyl (C=O) groups is 1. The summed E-state index contributed by atoms with van der Waals surface area (Å²) < 4.78 is 5.25. The molecule has 142 valence electrons. The molecule has 0 saturated carbocycles. The van der Waals surface area contributed by atoms with Gasteiger partial charge in [-0.3, -0.25) is 9.69 Å². The van der Waals surface area contributed by atoms with Crippen molar-refractivity contribution in [3.05, 3.63) is 64.7 Å². The normalized spacial score (nSPS) is 24.6. The van der Waals surface area contributed by atoms with E-state index in [1.165, 1.54) is 18.4 Å². The molecule has 2 aliphatic heterocycles. The van der Waals surface area contributed by atoms with E-state index in [1.807, 2.05) is 24.3 Å². The molecule has 0 spiro atoms. The average Bonchev–Trinajstić information content (AvgIpc) is 2.91. The van der Waals surface area contributed by atoms with Gasteiger partial charge >= 0.3 is 0 Å². The first-order chi connectivity index (χ1) is 13.1. The number of benzene rings is 2. The molecule has 1 unspecified atom stereocenters. The van der Waals surface area contributed by atoms with E-state index < -0.39 is 0 Å². The maximum absolute atomic E-state index is 12.6. The van der Waals surface area contributed by atoms with Crippen LogP contribution < -0.4 is 10.1 Å². The molecule has 2 saturated heterocycles. The zero-order valence-electron chi connectivity index (χ0n) is 15.5. The average molecular weight is 385 g/mol. The first-order valence-corrected chi connectivity index (χ1v) is 9.96. The van der Waals surface area contributed by atoms with E-state index in [0.29, 0.717) is 22.7 Å². The summed E-state index contributed by atoms with van der Waals surface area (Å²) in [6.07, 6.45) is 4.42. The maximum atomic E-state index is 12.6. The van der Waals surface area contributed by atoms with Crippen molar-refractivity contribution in [1.29, 1.82) is 0 Å². The number of hydrogen-bond donors (Lipinski definition) is 1. The van der Waals surface area contributed by atoms with Crippen molar-refractivity contribution in [1.82, 2.24) is 10.2 Å². The van der Waals surface area contributed by atoms with Crippen LogP contribution in [-0.2, 0) is 6.54 Å². The van der Waals surface area contributed by atoms with Gasteiger partial charge in [0.1, 0.15) is 5.75 Å². The van der Waals surface area contributed by atoms with Gasteiger partial charge in [-0.05, 0) is 55.5 Å². The zero-order chi connectivity index (χ0) is 18.8. The largest absolute Gasteiger partial charge is 0.497 e. The van der Waals surface area contributed by atoms with E-state index in [2.05, 4.69) is 22.3 Å². The Labute approximate surface area is 165 Å². The predicted molar refractivity (Wildman–Crippen MR) is 107 cm³/mol. The van der Waals surface area contributed by atoms with Crippen LogP contribution in [0.2, 0.25) is 5.02 Å². The van der Waals surface area contributed by atoms with Gasteiger partial charge in [-0.25, -0.2) is 0 Å². The lowest BCUT2D eigenvalue weighted by Gasteiger charge is -2.39. The molecule has 2 aliphatic rings. The highest BCUT2D eigenvalue weighted by molar-refractivity contribution is 6.33. The zero-order valence-corrected chi connectivity index (χ0v) is 16.3. The van der Waals surface area contributed by atoms with Crippen LogP contribution in [0.4, 0.5) is 0 Å². The van der Waals surface area contributed by atoms with Gasteiger partial charge in [0.05, 0.1) is 17.7 Å². The Balaban J connectivity index is 1.38. The second-order valence-electron chi connectivity index (χ2n) is 7.53. The monoisotopic (exact) mass is 384 g/mol. The lowest BCUT2D eigenvalue weighted by molar-refractivity contribution is 0.0828. The quantitative estimate of drug-likeness (QED) is 0.836. The Morgan fingerprint density at radius 3 is 2.41 bits per heavy atom. The summed E-state index contributed by atoms with van der Waals surface area (Å²) in [6, 6.07) is 16.8. The number of hydrogen-bond acceptors (Lipinski definition) is 3. The van der Waals surface area contributed by atoms with E-state index in [0.717, 1.165) is 25.1 Å². The van der Waals surface area contributed by atoms with Gasteiger partial charge in [0, 0.05) is 24.7 Å². The molecule has 5 heteroatoms. The van der Waals surface area contributed by atoms with Crippen LogP contribution in [0.5, 0.6) is 5.75 Å². The molecule has 1 N–H and O–H groups in total. The lowest BCUT2D eigenvalue weighted by atomic mass is 9.96. The van der Waals surface area contributed by atoms with E-state index in [-0.39, 0.29) is 11.9 Å². The minimum absolute atomic E-state index is 0.0615. The summed E-state index contributed by atoms with van der Waals surface area (Å²) in [6.45, 7) is 0.963. The van der Waals surface area contributed by atoms with E-state index in [4.69, 9.17) is 16.3 Å². The fraction of sp³-hybridized carbons (Fsp3) is 0.409. The fourth-order valence-electron chi connectivity index (χ4n) is 4.50. The predicted octanol–water partition coefficient (Wildman–Crippen LogP) is 4.27. The Morgan fingerprint density at radius 1 is 1.11 bits per heavy atom. The number of methoxy groups -OCH3 is 1. The Hall–Kier alpha value is -2.04. The van der Waals surface area contributed by atoms with Crippen molar-refractivity contribution in [2.45, 2.75) is 50.4 Å². The Kier molecular flexibility index (Phi) is 5.37. The highest BCUT2D eigenvalue weighted by Crippen LogP contribution is 2.37. The van der Waals surface area contributed by atoms with E-state index >= 15 is 0 Å². The molecule has 2 aromatic rings. The van der Waals surface area contributed by atoms with Crippen molar-refractivity contribution in [2.75, 3.05) is 7.11 Å². The SMILES string of the molecule is COc1ccc(CN2[C@@H]3CC[C@H]2CC(NC(=O)c2ccccc2Cl)C3)cc1. The number of nitrogens with one attached hydrogen (secondary N) is 1. The molecule has 0 radical (unpaired) electrons. The molecule has 4 nitrogen and oxygen atoms in total. The first kappa shape index (κ1) is 18.3. The molecule has 0 aliphatic carbocycles. The van der Waals surface area contributed by atoms with Crippen LogP contribution in [0.1, 0.15) is 41.6 Å². The van der Waals surface area contributed by atoms with Gasteiger partial charge in [-0.15, -0.1) is 0 Å². The molecule has 1 amide bonds. The standard InChI is InChI=1S/C22H25ClN2O2/c1-27-19-10-6-15(7-11-19)14-25-17-8-9-18(25)13-16(12-17)24-22(26)20-4-2-3-5-21(20)23/h2-7,10-11,16-18H,8-9,12-14H2,1H3,(H,24,26)/t16?,17-,18+. The second kappa shape index (κ2) is 7.91. The van der Waals surface area contributed by atoms with Gasteiger partial charge in [0.15, 0.2) is 0 Å². The third-order valence-corrected chi connectivity index (χ3v) is 6.19. The van der Waals surface area contributed by atoms with Crippen molar-refractivity contribution in [3.63, 3.8) is 0 Å². The van der Waals surface area contributed by atoms with Gasteiger partial charge in [-0.1, -0.05) is 35.9 Å². The van der Waals surface area contributed by atoms with Crippen LogP contribution in [0.25, 0.3) is 0 Å². The summed E-state index contributed by atoms with van der Waals surface area (Å²) in [5.74, 6) is 0.830. The summed E-state index contributed by atoms with van der Waals surface area (Å²) in [7, 11) is 1.69. The van der Waals surface area contributed by atoms with E-state index in [9.17, 15) is 4.79 Å². The van der Waals surface area contributed by atoms with Crippen molar-refractivity contribution < 1.29 is 9.53 Å². The highest BCUT2D eigenvalue weighted by Gasteiger charge is 2.41. The number of fused-ring (bicyclic) bond motifs is 2. The summed E-state index contributed by atoms with van der Waals surface area (Å²) in [5, 5.41) is 3.72. The molecule has 0 aromatic heterocycles. The third-order valence-electron chi connectivity index (χ3n) is 5.86. The Bertz CT molecular complexity index is 794. The third kappa shape index (κ3) is 3.97. The number of rotatable bonds is 5. The number of nitrogens with zero attached hydrogens (tertiary/aromatic N) is 1. The number of piperidine rings is 1. The van der Waals surface area contributed by atoms with Gasteiger partial charge in [0.25, 0.3) is 5.91 Å². The highest BCUT2D eigenvalue weighted by atomic mass is 35.5. The molecular formula is C22H25ClN2O2. The number of amides is 1. The molecular weight excluding hydrogens is 360 g/mol. The van der Waals surface area contributed by atoms with Crippen LogP contribution in [0.15, 0.2) is 48.5 Å². The molecule has 4 rings (SSSR count). The summed E-state index contributed by atoms with van der Waals surface area (Å²) in [4.78, 5) is 15.2. The van der Waals surface area contributed by atoms with Crippen LogP contribution in [0.3, 0.4) is 0 Å². The van der Waals surface area contributed by atoms with E-state index in [1.54, 1.807) is 19.2 Å². The molecule has 2 bridgehead atoms. The Morgan fingerprint density at radius 2 is 1.78 bits per heavy atom. The number of ether oxygens (including phenoxy) is 1. The smallest absolute Gasteiger partial charge is 0.253 e. The van der Waals surface area contributed by atoms with Gasteiger partial charge in [0.2, 0.25) is 0 Å². The molecule has 3 atom stereocenters.